The Labute approximate surface area is 216 Å². The highest BCUT2D eigenvalue weighted by Gasteiger charge is 2.25. The van der Waals surface area contributed by atoms with Crippen molar-refractivity contribution in [3.63, 3.8) is 0 Å². The van der Waals surface area contributed by atoms with Crippen LogP contribution in [0.4, 0.5) is 5.82 Å². The molecule has 1 amide bonds. The highest BCUT2D eigenvalue weighted by Crippen LogP contribution is 2.28. The Balaban J connectivity index is 1.58. The monoisotopic (exact) mass is 512 g/mol. The van der Waals surface area contributed by atoms with E-state index in [-0.39, 0.29) is 5.91 Å². The summed E-state index contributed by atoms with van der Waals surface area (Å²) < 4.78 is 5.31. The Morgan fingerprint density at radius 1 is 1.03 bits per heavy atom. The van der Waals surface area contributed by atoms with E-state index in [0.29, 0.717) is 35.2 Å². The first-order chi connectivity index (χ1) is 16.9. The van der Waals surface area contributed by atoms with Gasteiger partial charge in [0.05, 0.1) is 17.7 Å². The zero-order chi connectivity index (χ0) is 24.9. The molecule has 2 heterocycles. The second-order valence-corrected chi connectivity index (χ2v) is 9.50. The van der Waals surface area contributed by atoms with Gasteiger partial charge in [0.25, 0.3) is 5.91 Å². The number of amides is 1. The van der Waals surface area contributed by atoms with Crippen molar-refractivity contribution in [2.24, 2.45) is 0 Å². The van der Waals surface area contributed by atoms with Crippen LogP contribution in [0.25, 0.3) is 0 Å². The molecule has 6 nitrogen and oxygen atoms in total. The summed E-state index contributed by atoms with van der Waals surface area (Å²) in [7, 11) is 1.67. The maximum Gasteiger partial charge on any atom is 0.255 e. The van der Waals surface area contributed by atoms with Crippen molar-refractivity contribution in [3.05, 3.63) is 80.7 Å². The summed E-state index contributed by atoms with van der Waals surface area (Å²) in [6.07, 6.45) is 2.40. The highest BCUT2D eigenvalue weighted by molar-refractivity contribution is 6.36. The molecule has 0 spiro atoms. The van der Waals surface area contributed by atoms with Crippen molar-refractivity contribution in [2.45, 2.75) is 33.1 Å². The van der Waals surface area contributed by atoms with Gasteiger partial charge in [0.15, 0.2) is 0 Å². The van der Waals surface area contributed by atoms with E-state index < -0.39 is 0 Å². The highest BCUT2D eigenvalue weighted by atomic mass is 35.5. The molecule has 0 N–H and O–H groups in total. The Kier molecular flexibility index (Phi) is 8.14. The number of rotatable bonds is 6. The van der Waals surface area contributed by atoms with Crippen LogP contribution in [0.15, 0.2) is 42.5 Å². The predicted molar refractivity (Wildman–Crippen MR) is 141 cm³/mol. The molecule has 0 unspecified atom stereocenters. The Hall–Kier alpha value is -2.83. The van der Waals surface area contributed by atoms with Crippen molar-refractivity contribution in [2.75, 3.05) is 38.2 Å². The Bertz CT molecular complexity index is 1200. The molecule has 0 radical (unpaired) electrons. The van der Waals surface area contributed by atoms with Gasteiger partial charge in [-0.25, -0.2) is 9.97 Å². The molecule has 8 heteroatoms. The second-order valence-electron chi connectivity index (χ2n) is 8.66. The molecule has 2 aromatic carbocycles. The van der Waals surface area contributed by atoms with Gasteiger partial charge < -0.3 is 14.5 Å². The maximum atomic E-state index is 13.2. The summed E-state index contributed by atoms with van der Waals surface area (Å²) >= 11 is 12.3. The number of anilines is 1. The zero-order valence-corrected chi connectivity index (χ0v) is 21.9. The van der Waals surface area contributed by atoms with Crippen LogP contribution in [-0.4, -0.2) is 54.1 Å². The van der Waals surface area contributed by atoms with Crippen molar-refractivity contribution in [1.82, 2.24) is 14.9 Å². The maximum absolute atomic E-state index is 13.2. The van der Waals surface area contributed by atoms with E-state index in [1.165, 1.54) is 5.56 Å². The van der Waals surface area contributed by atoms with Crippen LogP contribution < -0.4 is 9.64 Å². The Morgan fingerprint density at radius 2 is 1.80 bits per heavy atom. The fraction of sp³-hybridized carbons (Fsp3) is 0.370. The molecule has 1 aromatic heterocycles. The lowest BCUT2D eigenvalue weighted by Crippen LogP contribution is -2.36. The number of nitrogens with zero attached hydrogens (tertiary/aromatic N) is 4. The Morgan fingerprint density at radius 3 is 2.49 bits per heavy atom. The first-order valence-corrected chi connectivity index (χ1v) is 12.6. The third kappa shape index (κ3) is 5.88. The number of carbonyl (C=O) groups is 1. The van der Waals surface area contributed by atoms with Gasteiger partial charge in [0, 0.05) is 48.9 Å². The molecule has 3 aromatic rings. The fourth-order valence-corrected chi connectivity index (χ4v) is 4.98. The molecular formula is C27H30Cl2N4O2. The lowest BCUT2D eigenvalue weighted by atomic mass is 10.0. The lowest BCUT2D eigenvalue weighted by Gasteiger charge is -2.26. The number of ether oxygens (including phenoxy) is 1. The van der Waals surface area contributed by atoms with E-state index in [1.54, 1.807) is 25.3 Å². The molecule has 1 aliphatic heterocycles. The molecule has 0 saturated carbocycles. The molecule has 0 atom stereocenters. The molecule has 1 fully saturated rings. The largest absolute Gasteiger partial charge is 0.497 e. The minimum absolute atomic E-state index is 0.0694. The van der Waals surface area contributed by atoms with Crippen LogP contribution in [0.2, 0.25) is 10.0 Å². The zero-order valence-electron chi connectivity index (χ0n) is 20.4. The molecule has 1 aliphatic rings. The standard InChI is InChI=1S/C27H30Cl2N4O2/c1-4-25-23(16-19-6-9-21(35-3)10-7-19)26(31-18(2)30-25)32-12-5-13-33(15-14-32)27(34)22-11-8-20(28)17-24(22)29/h6-11,17H,4-5,12-16H2,1-3H3. The van der Waals surface area contributed by atoms with E-state index >= 15 is 0 Å². The average molecular weight is 513 g/mol. The predicted octanol–water partition coefficient (Wildman–Crippen LogP) is 5.61. The number of halogens is 2. The van der Waals surface area contributed by atoms with Crippen LogP contribution in [0.1, 0.15) is 46.3 Å². The first-order valence-electron chi connectivity index (χ1n) is 11.9. The summed E-state index contributed by atoms with van der Waals surface area (Å²) in [6, 6.07) is 13.1. The minimum atomic E-state index is -0.0694. The van der Waals surface area contributed by atoms with E-state index in [0.717, 1.165) is 54.5 Å². The van der Waals surface area contributed by atoms with E-state index in [4.69, 9.17) is 37.9 Å². The third-order valence-electron chi connectivity index (χ3n) is 6.30. The van der Waals surface area contributed by atoms with E-state index in [9.17, 15) is 4.79 Å². The second kappa shape index (κ2) is 11.3. The van der Waals surface area contributed by atoms with Gasteiger partial charge in [-0.05, 0) is 55.7 Å². The molecule has 184 valence electrons. The van der Waals surface area contributed by atoms with Crippen LogP contribution >= 0.6 is 23.2 Å². The van der Waals surface area contributed by atoms with Gasteiger partial charge >= 0.3 is 0 Å². The molecule has 4 rings (SSSR count). The normalized spacial score (nSPS) is 14.1. The molecule has 0 bridgehead atoms. The quantitative estimate of drug-likeness (QED) is 0.429. The van der Waals surface area contributed by atoms with Gasteiger partial charge in [-0.2, -0.15) is 0 Å². The number of hydrogen-bond donors (Lipinski definition) is 0. The van der Waals surface area contributed by atoms with Crippen molar-refractivity contribution >= 4 is 34.9 Å². The van der Waals surface area contributed by atoms with Crippen molar-refractivity contribution in [3.8, 4) is 5.75 Å². The number of hydrogen-bond acceptors (Lipinski definition) is 5. The minimum Gasteiger partial charge on any atom is -0.497 e. The first kappa shape index (κ1) is 25.3. The topological polar surface area (TPSA) is 58.6 Å². The summed E-state index contributed by atoms with van der Waals surface area (Å²) in [4.78, 5) is 27.0. The van der Waals surface area contributed by atoms with Crippen molar-refractivity contribution < 1.29 is 9.53 Å². The molecule has 0 aliphatic carbocycles. The average Bonchev–Trinajstić information content (AvgIpc) is 3.11. The van der Waals surface area contributed by atoms with Gasteiger partial charge in [0.1, 0.15) is 17.4 Å². The van der Waals surface area contributed by atoms with Gasteiger partial charge in [-0.1, -0.05) is 42.3 Å². The SMILES string of the molecule is CCc1nc(C)nc(N2CCCN(C(=O)c3ccc(Cl)cc3Cl)CC2)c1Cc1ccc(OC)cc1. The van der Waals surface area contributed by atoms with E-state index in [2.05, 4.69) is 24.0 Å². The van der Waals surface area contributed by atoms with Gasteiger partial charge in [-0.15, -0.1) is 0 Å². The number of aryl methyl sites for hydroxylation is 2. The summed E-state index contributed by atoms with van der Waals surface area (Å²) in [5.74, 6) is 2.49. The van der Waals surface area contributed by atoms with Crippen LogP contribution in [0.5, 0.6) is 5.75 Å². The number of methoxy groups -OCH3 is 1. The number of aromatic nitrogens is 2. The van der Waals surface area contributed by atoms with Crippen LogP contribution in [-0.2, 0) is 12.8 Å². The smallest absolute Gasteiger partial charge is 0.255 e. The van der Waals surface area contributed by atoms with E-state index in [1.807, 2.05) is 24.0 Å². The number of benzene rings is 2. The van der Waals surface area contributed by atoms with Crippen LogP contribution in [0.3, 0.4) is 0 Å². The van der Waals surface area contributed by atoms with Gasteiger partial charge in [0.2, 0.25) is 0 Å². The van der Waals surface area contributed by atoms with Crippen molar-refractivity contribution in [1.29, 1.82) is 0 Å². The summed E-state index contributed by atoms with van der Waals surface area (Å²) in [5.41, 5.74) is 3.87. The lowest BCUT2D eigenvalue weighted by molar-refractivity contribution is 0.0767. The number of carbonyl (C=O) groups excluding carboxylic acids is 1. The summed E-state index contributed by atoms with van der Waals surface area (Å²) in [5, 5.41) is 0.897. The third-order valence-corrected chi connectivity index (χ3v) is 6.85. The summed E-state index contributed by atoms with van der Waals surface area (Å²) in [6.45, 7) is 6.81. The molecule has 35 heavy (non-hydrogen) atoms. The van der Waals surface area contributed by atoms with Crippen LogP contribution in [0, 0.1) is 6.92 Å². The fourth-order valence-electron chi connectivity index (χ4n) is 4.49. The molecule has 1 saturated heterocycles. The van der Waals surface area contributed by atoms with Gasteiger partial charge in [-0.3, -0.25) is 4.79 Å². The molecular weight excluding hydrogens is 483 g/mol.